The smallest absolute Gasteiger partial charge is 0.00960 e. The van der Waals surface area contributed by atoms with E-state index in [9.17, 15) is 0 Å². The molecule has 2 rings (SSSR count). The quantitative estimate of drug-likeness (QED) is 0.606. The third kappa shape index (κ3) is 1.44. The van der Waals surface area contributed by atoms with Gasteiger partial charge >= 0.3 is 0 Å². The standard InChI is InChI=1S/C10H18N/c1-2-8-3-4-10-9(7-8)5-6-11-10/h8-11H,1-7H2. The Morgan fingerprint density at radius 1 is 1.27 bits per heavy atom. The second-order valence-corrected chi connectivity index (χ2v) is 4.08. The van der Waals surface area contributed by atoms with E-state index in [4.69, 9.17) is 0 Å². The van der Waals surface area contributed by atoms with E-state index in [-0.39, 0.29) is 0 Å². The minimum Gasteiger partial charge on any atom is -0.314 e. The second kappa shape index (κ2) is 3.14. The van der Waals surface area contributed by atoms with Gasteiger partial charge in [-0.25, -0.2) is 0 Å². The van der Waals surface area contributed by atoms with Gasteiger partial charge < -0.3 is 5.32 Å². The lowest BCUT2D eigenvalue weighted by Gasteiger charge is -2.30. The van der Waals surface area contributed by atoms with E-state index in [2.05, 4.69) is 12.2 Å². The molecule has 1 heterocycles. The Morgan fingerprint density at radius 2 is 2.18 bits per heavy atom. The highest BCUT2D eigenvalue weighted by Gasteiger charge is 2.32. The molecule has 1 aliphatic heterocycles. The molecule has 1 aliphatic carbocycles. The molecule has 1 saturated carbocycles. The highest BCUT2D eigenvalue weighted by Crippen LogP contribution is 2.35. The van der Waals surface area contributed by atoms with Gasteiger partial charge in [0, 0.05) is 6.04 Å². The van der Waals surface area contributed by atoms with Gasteiger partial charge in [-0.3, -0.25) is 0 Å². The Morgan fingerprint density at radius 3 is 3.00 bits per heavy atom. The van der Waals surface area contributed by atoms with Crippen LogP contribution in [0.5, 0.6) is 0 Å². The summed E-state index contributed by atoms with van der Waals surface area (Å²) >= 11 is 0. The van der Waals surface area contributed by atoms with Gasteiger partial charge in [-0.15, -0.1) is 0 Å². The second-order valence-electron chi connectivity index (χ2n) is 4.08. The van der Waals surface area contributed by atoms with Gasteiger partial charge in [0.15, 0.2) is 0 Å². The number of fused-ring (bicyclic) bond motifs is 1. The fourth-order valence-corrected chi connectivity index (χ4v) is 2.67. The Balaban J connectivity index is 1.91. The third-order valence-corrected chi connectivity index (χ3v) is 3.42. The van der Waals surface area contributed by atoms with Gasteiger partial charge in [0.2, 0.25) is 0 Å². The van der Waals surface area contributed by atoms with Crippen LogP contribution in [0.1, 0.15) is 32.1 Å². The van der Waals surface area contributed by atoms with Crippen molar-refractivity contribution in [1.82, 2.24) is 5.32 Å². The van der Waals surface area contributed by atoms with Crippen molar-refractivity contribution in [1.29, 1.82) is 0 Å². The molecular formula is C10H18N. The summed E-state index contributed by atoms with van der Waals surface area (Å²) in [6.07, 6.45) is 6.84. The molecule has 3 atom stereocenters. The summed E-state index contributed by atoms with van der Waals surface area (Å²) in [5.74, 6) is 1.94. The average Bonchev–Trinajstić information content (AvgIpc) is 2.50. The van der Waals surface area contributed by atoms with E-state index >= 15 is 0 Å². The lowest BCUT2D eigenvalue weighted by Crippen LogP contribution is -2.32. The van der Waals surface area contributed by atoms with Crippen LogP contribution in [0.15, 0.2) is 0 Å². The number of rotatable bonds is 1. The van der Waals surface area contributed by atoms with Crippen LogP contribution in [0.3, 0.4) is 0 Å². The molecule has 2 aliphatic rings. The van der Waals surface area contributed by atoms with E-state index in [1.54, 1.807) is 0 Å². The maximum Gasteiger partial charge on any atom is 0.00960 e. The lowest BCUT2D eigenvalue weighted by molar-refractivity contribution is 0.246. The Kier molecular flexibility index (Phi) is 2.17. The van der Waals surface area contributed by atoms with Crippen molar-refractivity contribution < 1.29 is 0 Å². The van der Waals surface area contributed by atoms with Crippen LogP contribution >= 0.6 is 0 Å². The van der Waals surface area contributed by atoms with E-state index in [1.807, 2.05) is 0 Å². The zero-order valence-corrected chi connectivity index (χ0v) is 7.18. The van der Waals surface area contributed by atoms with E-state index in [0.717, 1.165) is 24.3 Å². The van der Waals surface area contributed by atoms with Gasteiger partial charge in [-0.05, 0) is 44.1 Å². The molecule has 11 heavy (non-hydrogen) atoms. The van der Waals surface area contributed by atoms with Crippen LogP contribution in [0, 0.1) is 18.8 Å². The van der Waals surface area contributed by atoms with Crippen LogP contribution < -0.4 is 5.32 Å². The maximum atomic E-state index is 4.00. The van der Waals surface area contributed by atoms with Crippen molar-refractivity contribution in [3.8, 4) is 0 Å². The molecular weight excluding hydrogens is 134 g/mol. The predicted molar refractivity (Wildman–Crippen MR) is 47.2 cm³/mol. The van der Waals surface area contributed by atoms with Crippen LogP contribution in [0.2, 0.25) is 0 Å². The van der Waals surface area contributed by atoms with Crippen molar-refractivity contribution in [3.05, 3.63) is 6.92 Å². The zero-order valence-electron chi connectivity index (χ0n) is 7.18. The molecule has 0 aromatic carbocycles. The molecule has 63 valence electrons. The first-order valence-corrected chi connectivity index (χ1v) is 4.93. The highest BCUT2D eigenvalue weighted by molar-refractivity contribution is 4.89. The number of nitrogens with one attached hydrogen (secondary N) is 1. The number of hydrogen-bond donors (Lipinski definition) is 1. The topological polar surface area (TPSA) is 12.0 Å². The van der Waals surface area contributed by atoms with Gasteiger partial charge in [-0.2, -0.15) is 0 Å². The molecule has 0 aromatic rings. The van der Waals surface area contributed by atoms with Crippen molar-refractivity contribution in [3.63, 3.8) is 0 Å². The normalized spacial score (nSPS) is 43.9. The molecule has 1 radical (unpaired) electrons. The Bertz CT molecular complexity index is 133. The van der Waals surface area contributed by atoms with Gasteiger partial charge in [0.1, 0.15) is 0 Å². The summed E-state index contributed by atoms with van der Waals surface area (Å²) in [7, 11) is 0. The largest absolute Gasteiger partial charge is 0.314 e. The molecule has 1 heteroatoms. The molecule has 2 fully saturated rings. The Labute approximate surface area is 69.6 Å². The van der Waals surface area contributed by atoms with Gasteiger partial charge in [0.25, 0.3) is 0 Å². The fourth-order valence-electron chi connectivity index (χ4n) is 2.67. The fraction of sp³-hybridized carbons (Fsp3) is 0.900. The van der Waals surface area contributed by atoms with Gasteiger partial charge in [0.05, 0.1) is 0 Å². The molecule has 0 amide bonds. The first-order chi connectivity index (χ1) is 5.40. The van der Waals surface area contributed by atoms with Crippen molar-refractivity contribution in [2.45, 2.75) is 38.1 Å². The number of hydrogen-bond acceptors (Lipinski definition) is 1. The summed E-state index contributed by atoms with van der Waals surface area (Å²) in [6, 6.07) is 0.873. The molecule has 1 nitrogen and oxygen atoms in total. The minimum absolute atomic E-state index is 0.873. The molecule has 3 unspecified atom stereocenters. The first-order valence-electron chi connectivity index (χ1n) is 4.93. The monoisotopic (exact) mass is 152 g/mol. The molecule has 0 aromatic heterocycles. The van der Waals surface area contributed by atoms with Crippen molar-refractivity contribution >= 4 is 0 Å². The average molecular weight is 152 g/mol. The molecule has 0 bridgehead atoms. The highest BCUT2D eigenvalue weighted by atomic mass is 15.0. The summed E-state index contributed by atoms with van der Waals surface area (Å²) in [4.78, 5) is 0. The van der Waals surface area contributed by atoms with Crippen molar-refractivity contribution in [2.75, 3.05) is 6.54 Å². The van der Waals surface area contributed by atoms with Crippen LogP contribution in [-0.2, 0) is 0 Å². The summed E-state index contributed by atoms with van der Waals surface area (Å²) < 4.78 is 0. The third-order valence-electron chi connectivity index (χ3n) is 3.42. The van der Waals surface area contributed by atoms with E-state index in [0.29, 0.717) is 0 Å². The lowest BCUT2D eigenvalue weighted by atomic mass is 9.78. The summed E-state index contributed by atoms with van der Waals surface area (Å²) in [5.41, 5.74) is 0. The van der Waals surface area contributed by atoms with Gasteiger partial charge in [-0.1, -0.05) is 13.3 Å². The predicted octanol–water partition coefficient (Wildman–Crippen LogP) is 1.99. The van der Waals surface area contributed by atoms with E-state index in [1.165, 1.54) is 32.2 Å². The minimum atomic E-state index is 0.873. The molecule has 0 spiro atoms. The van der Waals surface area contributed by atoms with E-state index < -0.39 is 0 Å². The van der Waals surface area contributed by atoms with Crippen LogP contribution in [0.4, 0.5) is 0 Å². The van der Waals surface area contributed by atoms with Crippen LogP contribution in [0.25, 0.3) is 0 Å². The SMILES string of the molecule is [CH2]CC1CCC2NCCC2C1. The summed E-state index contributed by atoms with van der Waals surface area (Å²) in [5, 5.41) is 3.58. The zero-order chi connectivity index (χ0) is 7.68. The first kappa shape index (κ1) is 7.60. The van der Waals surface area contributed by atoms with Crippen molar-refractivity contribution in [2.24, 2.45) is 11.8 Å². The molecule has 1 saturated heterocycles. The molecule has 1 N–H and O–H groups in total. The summed E-state index contributed by atoms with van der Waals surface area (Å²) in [6.45, 7) is 5.27. The van der Waals surface area contributed by atoms with Crippen LogP contribution in [-0.4, -0.2) is 12.6 Å². The maximum absolute atomic E-state index is 4.00. The Hall–Kier alpha value is -0.0400.